The Labute approximate surface area is 264 Å². The molecular weight excluding hydrogens is 560 g/mol. The molecule has 0 amide bonds. The Hall–Kier alpha value is -6.26. The van der Waals surface area contributed by atoms with Gasteiger partial charge in [0.25, 0.3) is 0 Å². The van der Waals surface area contributed by atoms with Crippen LogP contribution in [0.4, 0.5) is 0 Å². The summed E-state index contributed by atoms with van der Waals surface area (Å²) in [4.78, 5) is 10.5. The smallest absolute Gasteiger partial charge is 0.165 e. The Morgan fingerprint density at radius 1 is 0.370 bits per heavy atom. The molecule has 4 nitrogen and oxygen atoms in total. The molecule has 0 aliphatic carbocycles. The van der Waals surface area contributed by atoms with Crippen LogP contribution in [-0.2, 0) is 0 Å². The lowest BCUT2D eigenvalue weighted by atomic mass is 10.1. The first-order valence-electron chi connectivity index (χ1n) is 15.6. The minimum absolute atomic E-state index is 0.828. The third-order valence-electron chi connectivity index (χ3n) is 9.27. The van der Waals surface area contributed by atoms with E-state index in [-0.39, 0.29) is 0 Å². The van der Waals surface area contributed by atoms with E-state index in [0.717, 1.165) is 44.8 Å². The van der Waals surface area contributed by atoms with E-state index in [0.29, 0.717) is 0 Å². The number of para-hydroxylation sites is 4. The Bertz CT molecular complexity index is 2810. The standard InChI is InChI=1S/C42H26N4/c1-2-13-28(14-3-1)41-42(44-36-19-9-8-18-35(36)43-41)46-38-21-11-7-17-32(38)34-25-39-33(26-40(34)46)31-16-6-10-20-37(31)45(39)30-23-22-27-12-4-5-15-29(27)24-30/h1-26H. The van der Waals surface area contributed by atoms with E-state index < -0.39 is 0 Å². The van der Waals surface area contributed by atoms with Gasteiger partial charge in [0.15, 0.2) is 5.82 Å². The fourth-order valence-electron chi connectivity index (χ4n) is 7.19. The van der Waals surface area contributed by atoms with Crippen molar-refractivity contribution in [3.63, 3.8) is 0 Å². The van der Waals surface area contributed by atoms with Crippen molar-refractivity contribution in [1.29, 1.82) is 0 Å². The van der Waals surface area contributed by atoms with Gasteiger partial charge in [-0.2, -0.15) is 0 Å². The maximum absolute atomic E-state index is 5.31. The fourth-order valence-corrected chi connectivity index (χ4v) is 7.19. The molecule has 0 saturated carbocycles. The summed E-state index contributed by atoms with van der Waals surface area (Å²) in [5.41, 5.74) is 9.39. The molecule has 214 valence electrons. The van der Waals surface area contributed by atoms with Gasteiger partial charge in [0.2, 0.25) is 0 Å². The van der Waals surface area contributed by atoms with Crippen LogP contribution in [0.15, 0.2) is 158 Å². The van der Waals surface area contributed by atoms with Gasteiger partial charge in [-0.1, -0.05) is 109 Å². The second kappa shape index (κ2) is 9.62. The van der Waals surface area contributed by atoms with E-state index >= 15 is 0 Å². The molecule has 46 heavy (non-hydrogen) atoms. The van der Waals surface area contributed by atoms with Crippen molar-refractivity contribution >= 4 is 65.4 Å². The van der Waals surface area contributed by atoms with Crippen molar-refractivity contribution < 1.29 is 0 Å². The maximum Gasteiger partial charge on any atom is 0.165 e. The van der Waals surface area contributed by atoms with Crippen LogP contribution in [0.5, 0.6) is 0 Å². The highest BCUT2D eigenvalue weighted by Gasteiger charge is 2.21. The van der Waals surface area contributed by atoms with Gasteiger partial charge < -0.3 is 4.57 Å². The van der Waals surface area contributed by atoms with Crippen LogP contribution < -0.4 is 0 Å². The lowest BCUT2D eigenvalue weighted by Gasteiger charge is -2.14. The molecule has 3 aromatic heterocycles. The number of hydrogen-bond donors (Lipinski definition) is 0. The zero-order valence-electron chi connectivity index (χ0n) is 24.8. The van der Waals surface area contributed by atoms with Crippen molar-refractivity contribution in [1.82, 2.24) is 19.1 Å². The van der Waals surface area contributed by atoms with E-state index in [1.54, 1.807) is 0 Å². The number of nitrogens with zero attached hydrogens (tertiary/aromatic N) is 4. The van der Waals surface area contributed by atoms with Crippen LogP contribution in [0.25, 0.3) is 88.2 Å². The molecule has 0 fully saturated rings. The summed E-state index contributed by atoms with van der Waals surface area (Å²) in [6.45, 7) is 0. The number of hydrogen-bond acceptors (Lipinski definition) is 2. The largest absolute Gasteiger partial charge is 0.309 e. The third kappa shape index (κ3) is 3.61. The van der Waals surface area contributed by atoms with Crippen LogP contribution in [0.2, 0.25) is 0 Å². The molecule has 10 rings (SSSR count). The highest BCUT2D eigenvalue weighted by molar-refractivity contribution is 6.19. The molecule has 7 aromatic carbocycles. The average Bonchev–Trinajstić information content (AvgIpc) is 3.62. The summed E-state index contributed by atoms with van der Waals surface area (Å²) < 4.78 is 4.72. The average molecular weight is 587 g/mol. The van der Waals surface area contributed by atoms with Gasteiger partial charge in [-0.05, 0) is 59.3 Å². The van der Waals surface area contributed by atoms with Gasteiger partial charge in [0.05, 0.1) is 33.1 Å². The molecule has 0 radical (unpaired) electrons. The predicted molar refractivity (Wildman–Crippen MR) is 191 cm³/mol. The molecule has 0 atom stereocenters. The lowest BCUT2D eigenvalue weighted by Crippen LogP contribution is -2.03. The first kappa shape index (κ1) is 25.1. The molecule has 0 unspecified atom stereocenters. The monoisotopic (exact) mass is 586 g/mol. The van der Waals surface area contributed by atoms with Gasteiger partial charge in [-0.15, -0.1) is 0 Å². The first-order chi connectivity index (χ1) is 22.8. The quantitative estimate of drug-likeness (QED) is 0.206. The zero-order chi connectivity index (χ0) is 30.2. The highest BCUT2D eigenvalue weighted by atomic mass is 15.1. The molecule has 0 saturated heterocycles. The summed E-state index contributed by atoms with van der Waals surface area (Å²) in [7, 11) is 0. The van der Waals surface area contributed by atoms with Crippen LogP contribution in [0.3, 0.4) is 0 Å². The van der Waals surface area contributed by atoms with E-state index in [9.17, 15) is 0 Å². The van der Waals surface area contributed by atoms with Crippen molar-refractivity contribution in [3.8, 4) is 22.8 Å². The van der Waals surface area contributed by atoms with Gasteiger partial charge >= 0.3 is 0 Å². The molecular formula is C42H26N4. The molecule has 0 aliphatic rings. The SMILES string of the molecule is c1ccc(-c2nc3ccccc3nc2-n2c3ccccc3c3cc4c(cc32)c2ccccc2n4-c2ccc3ccccc3c2)cc1. The van der Waals surface area contributed by atoms with Crippen LogP contribution in [0, 0.1) is 0 Å². The number of rotatable bonds is 3. The van der Waals surface area contributed by atoms with Gasteiger partial charge in [0.1, 0.15) is 5.69 Å². The molecule has 3 heterocycles. The highest BCUT2D eigenvalue weighted by Crippen LogP contribution is 2.41. The summed E-state index contributed by atoms with van der Waals surface area (Å²) in [5.74, 6) is 0.828. The molecule has 0 spiro atoms. The Morgan fingerprint density at radius 2 is 0.935 bits per heavy atom. The Morgan fingerprint density at radius 3 is 1.67 bits per heavy atom. The second-order valence-electron chi connectivity index (χ2n) is 11.9. The van der Waals surface area contributed by atoms with Crippen molar-refractivity contribution in [2.24, 2.45) is 0 Å². The molecule has 10 aromatic rings. The van der Waals surface area contributed by atoms with Crippen molar-refractivity contribution in [2.75, 3.05) is 0 Å². The van der Waals surface area contributed by atoms with E-state index in [1.807, 2.05) is 30.3 Å². The van der Waals surface area contributed by atoms with Crippen molar-refractivity contribution in [2.45, 2.75) is 0 Å². The summed E-state index contributed by atoms with van der Waals surface area (Å²) in [6, 6.07) is 55.9. The van der Waals surface area contributed by atoms with Crippen molar-refractivity contribution in [3.05, 3.63) is 158 Å². The lowest BCUT2D eigenvalue weighted by molar-refractivity contribution is 1.08. The number of fused-ring (bicyclic) bond motifs is 8. The normalized spacial score (nSPS) is 11.9. The second-order valence-corrected chi connectivity index (χ2v) is 11.9. The number of benzene rings is 7. The predicted octanol–water partition coefficient (Wildman–Crippen LogP) is 10.6. The Balaban J connectivity index is 1.35. The van der Waals surface area contributed by atoms with Crippen LogP contribution in [0.1, 0.15) is 0 Å². The van der Waals surface area contributed by atoms with Crippen LogP contribution >= 0.6 is 0 Å². The minimum Gasteiger partial charge on any atom is -0.309 e. The van der Waals surface area contributed by atoms with Crippen LogP contribution in [-0.4, -0.2) is 19.1 Å². The molecule has 0 aliphatic heterocycles. The summed E-state index contributed by atoms with van der Waals surface area (Å²) in [6.07, 6.45) is 0. The van der Waals surface area contributed by atoms with Gasteiger partial charge in [-0.3, -0.25) is 4.57 Å². The third-order valence-corrected chi connectivity index (χ3v) is 9.27. The minimum atomic E-state index is 0.828. The first-order valence-corrected chi connectivity index (χ1v) is 15.6. The number of aromatic nitrogens is 4. The zero-order valence-corrected chi connectivity index (χ0v) is 24.8. The summed E-state index contributed by atoms with van der Waals surface area (Å²) >= 11 is 0. The topological polar surface area (TPSA) is 35.6 Å². The van der Waals surface area contributed by atoms with E-state index in [1.165, 1.54) is 43.4 Å². The van der Waals surface area contributed by atoms with Gasteiger partial charge in [-0.25, -0.2) is 9.97 Å². The molecule has 4 heteroatoms. The summed E-state index contributed by atoms with van der Waals surface area (Å²) in [5, 5.41) is 7.26. The van der Waals surface area contributed by atoms with Gasteiger partial charge in [0, 0.05) is 32.8 Å². The fraction of sp³-hybridized carbons (Fsp3) is 0. The van der Waals surface area contributed by atoms with E-state index in [4.69, 9.17) is 9.97 Å². The molecule has 0 bridgehead atoms. The molecule has 0 N–H and O–H groups in total. The van der Waals surface area contributed by atoms with E-state index in [2.05, 4.69) is 137 Å². The Kier molecular flexibility index (Phi) is 5.25. The maximum atomic E-state index is 5.31.